The van der Waals surface area contributed by atoms with Gasteiger partial charge in [0, 0.05) is 22.0 Å². The number of anilines is 1. The summed E-state index contributed by atoms with van der Waals surface area (Å²) in [6.45, 7) is 0.554. The molecule has 154 valence electrons. The van der Waals surface area contributed by atoms with Crippen LogP contribution in [0.15, 0.2) is 54.6 Å². The molecule has 0 fully saturated rings. The van der Waals surface area contributed by atoms with Gasteiger partial charge < -0.3 is 10.6 Å². The Kier molecular flexibility index (Phi) is 6.50. The normalized spacial score (nSPS) is 12.8. The second-order valence-electron chi connectivity index (χ2n) is 7.37. The van der Waals surface area contributed by atoms with E-state index in [1.54, 1.807) is 24.3 Å². The lowest BCUT2D eigenvalue weighted by molar-refractivity contribution is 0.0954. The van der Waals surface area contributed by atoms with E-state index in [0.717, 1.165) is 37.7 Å². The molecule has 30 heavy (non-hydrogen) atoms. The Labute approximate surface area is 185 Å². The molecular weight excluding hydrogens is 416 g/mol. The zero-order valence-electron chi connectivity index (χ0n) is 16.5. The van der Waals surface area contributed by atoms with Crippen molar-refractivity contribution in [2.24, 2.45) is 0 Å². The Hall–Kier alpha value is -2.63. The van der Waals surface area contributed by atoms with E-state index in [1.807, 2.05) is 18.2 Å². The number of hydrogen-bond acceptors (Lipinski definition) is 3. The number of amides is 2. The predicted octanol–water partition coefficient (Wildman–Crippen LogP) is 5.51. The van der Waals surface area contributed by atoms with Gasteiger partial charge in [-0.25, -0.2) is 0 Å². The Morgan fingerprint density at radius 1 is 0.933 bits per heavy atom. The maximum absolute atomic E-state index is 13.1. The predicted molar refractivity (Wildman–Crippen MR) is 123 cm³/mol. The highest BCUT2D eigenvalue weighted by Crippen LogP contribution is 2.38. The van der Waals surface area contributed by atoms with Crippen LogP contribution in [0.2, 0.25) is 5.02 Å². The summed E-state index contributed by atoms with van der Waals surface area (Å²) in [5, 5.41) is 7.23. The molecule has 2 aromatic carbocycles. The van der Waals surface area contributed by atoms with Crippen molar-refractivity contribution in [2.45, 2.75) is 32.1 Å². The second-order valence-corrected chi connectivity index (χ2v) is 8.91. The lowest BCUT2D eigenvalue weighted by atomic mass is 9.95. The molecule has 1 aliphatic carbocycles. The topological polar surface area (TPSA) is 58.2 Å². The van der Waals surface area contributed by atoms with E-state index in [2.05, 4.69) is 22.8 Å². The lowest BCUT2D eigenvalue weighted by Crippen LogP contribution is -2.27. The van der Waals surface area contributed by atoms with E-state index in [9.17, 15) is 9.59 Å². The Morgan fingerprint density at radius 3 is 2.43 bits per heavy atom. The minimum atomic E-state index is -0.233. The van der Waals surface area contributed by atoms with Crippen LogP contribution in [-0.4, -0.2) is 18.4 Å². The molecule has 0 unspecified atom stereocenters. The number of carbonyl (C=O) groups excluding carboxylic acids is 2. The molecular formula is C24H23ClN2O2S. The van der Waals surface area contributed by atoms with Crippen molar-refractivity contribution in [3.05, 3.63) is 86.8 Å². The zero-order chi connectivity index (χ0) is 20.9. The van der Waals surface area contributed by atoms with E-state index in [0.29, 0.717) is 27.7 Å². The van der Waals surface area contributed by atoms with Gasteiger partial charge in [0.2, 0.25) is 0 Å². The molecule has 0 atom stereocenters. The number of rotatable bonds is 6. The number of fused-ring (bicyclic) bond motifs is 1. The molecule has 4 rings (SSSR count). The fourth-order valence-electron chi connectivity index (χ4n) is 3.72. The summed E-state index contributed by atoms with van der Waals surface area (Å²) in [4.78, 5) is 27.0. The fraction of sp³-hybridized carbons (Fsp3) is 0.250. The first-order chi connectivity index (χ1) is 14.6. The molecule has 2 amide bonds. The second kappa shape index (κ2) is 9.45. The van der Waals surface area contributed by atoms with Crippen LogP contribution in [0.5, 0.6) is 0 Å². The van der Waals surface area contributed by atoms with Gasteiger partial charge in [-0.05, 0) is 67.5 Å². The van der Waals surface area contributed by atoms with Gasteiger partial charge in [0.1, 0.15) is 5.00 Å². The minimum Gasteiger partial charge on any atom is -0.352 e. The molecule has 0 saturated heterocycles. The van der Waals surface area contributed by atoms with Crippen LogP contribution in [0, 0.1) is 0 Å². The monoisotopic (exact) mass is 438 g/mol. The Balaban J connectivity index is 1.52. The first-order valence-electron chi connectivity index (χ1n) is 10.2. The number of thiophene rings is 1. The summed E-state index contributed by atoms with van der Waals surface area (Å²) in [5.74, 6) is -0.347. The third kappa shape index (κ3) is 4.74. The highest BCUT2D eigenvalue weighted by Gasteiger charge is 2.26. The molecule has 6 heteroatoms. The van der Waals surface area contributed by atoms with E-state index in [-0.39, 0.29) is 11.8 Å². The lowest BCUT2D eigenvalue weighted by Gasteiger charge is -2.13. The van der Waals surface area contributed by atoms with E-state index in [1.165, 1.54) is 21.8 Å². The third-order valence-electron chi connectivity index (χ3n) is 5.27. The van der Waals surface area contributed by atoms with Gasteiger partial charge in [0.25, 0.3) is 11.8 Å². The van der Waals surface area contributed by atoms with Gasteiger partial charge >= 0.3 is 0 Å². The van der Waals surface area contributed by atoms with Crippen LogP contribution < -0.4 is 10.6 Å². The van der Waals surface area contributed by atoms with Crippen LogP contribution in [0.3, 0.4) is 0 Å². The number of nitrogens with one attached hydrogen (secondary N) is 2. The van der Waals surface area contributed by atoms with Crippen LogP contribution in [0.4, 0.5) is 5.00 Å². The van der Waals surface area contributed by atoms with Crippen molar-refractivity contribution >= 4 is 39.8 Å². The summed E-state index contributed by atoms with van der Waals surface area (Å²) >= 11 is 7.45. The summed E-state index contributed by atoms with van der Waals surface area (Å²) < 4.78 is 0. The maximum atomic E-state index is 13.1. The smallest absolute Gasteiger partial charge is 0.256 e. The molecule has 0 radical (unpaired) electrons. The van der Waals surface area contributed by atoms with Crippen molar-refractivity contribution in [3.63, 3.8) is 0 Å². The zero-order valence-corrected chi connectivity index (χ0v) is 18.1. The molecule has 0 bridgehead atoms. The van der Waals surface area contributed by atoms with Crippen molar-refractivity contribution in [1.29, 1.82) is 0 Å². The molecule has 1 aromatic heterocycles. The number of halogens is 1. The standard InChI is InChI=1S/C24H23ClN2O2S/c25-18-12-10-17(11-13-18)22(28)27-24-21(19-8-4-5-9-20(19)30-24)23(29)26-15-14-16-6-2-1-3-7-16/h1-3,6-7,10-13H,4-5,8-9,14-15H2,(H,26,29)(H,27,28). The van der Waals surface area contributed by atoms with Crippen LogP contribution in [0.25, 0.3) is 0 Å². The van der Waals surface area contributed by atoms with Gasteiger partial charge in [-0.2, -0.15) is 0 Å². The first-order valence-corrected chi connectivity index (χ1v) is 11.3. The largest absolute Gasteiger partial charge is 0.352 e. The highest BCUT2D eigenvalue weighted by atomic mass is 35.5. The number of hydrogen-bond donors (Lipinski definition) is 2. The molecule has 1 heterocycles. The average Bonchev–Trinajstić information content (AvgIpc) is 3.12. The SMILES string of the molecule is O=C(Nc1sc2c(c1C(=O)NCCc1ccccc1)CCCC2)c1ccc(Cl)cc1. The summed E-state index contributed by atoms with van der Waals surface area (Å²) in [6, 6.07) is 16.8. The average molecular weight is 439 g/mol. The highest BCUT2D eigenvalue weighted by molar-refractivity contribution is 7.17. The maximum Gasteiger partial charge on any atom is 0.256 e. The summed E-state index contributed by atoms with van der Waals surface area (Å²) in [7, 11) is 0. The molecule has 3 aromatic rings. The molecule has 1 aliphatic rings. The van der Waals surface area contributed by atoms with Crippen LogP contribution in [-0.2, 0) is 19.3 Å². The van der Waals surface area contributed by atoms with Crippen molar-refractivity contribution in [2.75, 3.05) is 11.9 Å². The fourth-order valence-corrected chi connectivity index (χ4v) is 5.13. The Morgan fingerprint density at radius 2 is 1.67 bits per heavy atom. The molecule has 4 nitrogen and oxygen atoms in total. The van der Waals surface area contributed by atoms with Gasteiger partial charge in [0.15, 0.2) is 0 Å². The quantitative estimate of drug-likeness (QED) is 0.533. The summed E-state index contributed by atoms with van der Waals surface area (Å²) in [5.41, 5.74) is 3.42. The van der Waals surface area contributed by atoms with Gasteiger partial charge in [0.05, 0.1) is 5.56 Å². The third-order valence-corrected chi connectivity index (χ3v) is 6.73. The van der Waals surface area contributed by atoms with Crippen molar-refractivity contribution in [1.82, 2.24) is 5.32 Å². The van der Waals surface area contributed by atoms with Crippen LogP contribution in [0.1, 0.15) is 49.6 Å². The van der Waals surface area contributed by atoms with E-state index >= 15 is 0 Å². The number of aryl methyl sites for hydroxylation is 1. The molecule has 0 saturated carbocycles. The Bertz CT molecular complexity index is 1050. The molecule has 2 N–H and O–H groups in total. The number of carbonyl (C=O) groups is 2. The summed E-state index contributed by atoms with van der Waals surface area (Å²) in [6.07, 6.45) is 4.79. The van der Waals surface area contributed by atoms with Crippen molar-refractivity contribution < 1.29 is 9.59 Å². The molecule has 0 aliphatic heterocycles. The van der Waals surface area contributed by atoms with Gasteiger partial charge in [-0.3, -0.25) is 9.59 Å². The van der Waals surface area contributed by atoms with Crippen LogP contribution >= 0.6 is 22.9 Å². The van der Waals surface area contributed by atoms with Gasteiger partial charge in [-0.15, -0.1) is 11.3 Å². The van der Waals surface area contributed by atoms with E-state index in [4.69, 9.17) is 11.6 Å². The minimum absolute atomic E-state index is 0.114. The van der Waals surface area contributed by atoms with Crippen molar-refractivity contribution in [3.8, 4) is 0 Å². The number of benzene rings is 2. The molecule has 0 spiro atoms. The first kappa shape index (κ1) is 20.6. The van der Waals surface area contributed by atoms with E-state index < -0.39 is 0 Å². The van der Waals surface area contributed by atoms with Gasteiger partial charge in [-0.1, -0.05) is 41.9 Å².